The molecule has 43 heavy (non-hydrogen) atoms. The molecule has 0 spiro atoms. The van der Waals surface area contributed by atoms with Gasteiger partial charge < -0.3 is 34.7 Å². The van der Waals surface area contributed by atoms with Crippen LogP contribution in [-0.2, 0) is 39.2 Å². The van der Waals surface area contributed by atoms with Crippen molar-refractivity contribution in [2.24, 2.45) is 11.8 Å². The van der Waals surface area contributed by atoms with E-state index < -0.39 is 44.7 Å². The number of imidazole rings is 2. The fourth-order valence-electron chi connectivity index (χ4n) is 5.64. The number of rotatable bonds is 2. The van der Waals surface area contributed by atoms with Crippen LogP contribution in [0.25, 0.3) is 22.3 Å². The van der Waals surface area contributed by atoms with Gasteiger partial charge in [-0.15, -0.1) is 0 Å². The molecule has 0 aromatic carbocycles. The summed E-state index contributed by atoms with van der Waals surface area (Å²) in [4.78, 5) is 35.7. The zero-order chi connectivity index (χ0) is 30.1. The Morgan fingerprint density at radius 3 is 2.28 bits per heavy atom. The Morgan fingerprint density at radius 2 is 1.58 bits per heavy atom. The Bertz CT molecular complexity index is 1800. The predicted molar refractivity (Wildman–Crippen MR) is 155 cm³/mol. The largest absolute Gasteiger partial charge is 0.386 e. The maximum absolute atomic E-state index is 16.0. The number of anilines is 2. The Kier molecular flexibility index (Phi) is 7.44. The third-order valence-electron chi connectivity index (χ3n) is 7.86. The van der Waals surface area contributed by atoms with Gasteiger partial charge in [-0.2, -0.15) is 0 Å². The highest BCUT2D eigenvalue weighted by Gasteiger charge is 2.51. The highest BCUT2D eigenvalue weighted by molar-refractivity contribution is 8.44. The predicted octanol–water partition coefficient (Wildman–Crippen LogP) is 1.95. The zero-order valence-electron chi connectivity index (χ0n) is 21.9. The van der Waals surface area contributed by atoms with Gasteiger partial charge in [-0.3, -0.25) is 13.6 Å². The molecule has 17 nitrogen and oxygen atoms in total. The van der Waals surface area contributed by atoms with Crippen LogP contribution in [0, 0.1) is 11.8 Å². The normalized spacial score (nSPS) is 37.1. The molecule has 3 unspecified atom stereocenters. The first kappa shape index (κ1) is 29.3. The number of nitrogens with zero attached hydrogens (tertiary/aromatic N) is 8. The summed E-state index contributed by atoms with van der Waals surface area (Å²) in [6.45, 7) is -8.55. The molecule has 0 amide bonds. The van der Waals surface area contributed by atoms with E-state index in [1.165, 1.54) is 23.5 Å². The number of hydrogen-bond donors (Lipinski definition) is 4. The van der Waals surface area contributed by atoms with E-state index in [0.29, 0.717) is 17.6 Å². The van der Waals surface area contributed by atoms with E-state index in [1.807, 2.05) is 4.57 Å². The van der Waals surface area contributed by atoms with Crippen LogP contribution in [0.2, 0.25) is 0 Å². The van der Waals surface area contributed by atoms with Gasteiger partial charge in [-0.1, -0.05) is 12.2 Å². The molecule has 1 aliphatic carbocycles. The summed E-state index contributed by atoms with van der Waals surface area (Å²) in [7, 11) is 0. The van der Waals surface area contributed by atoms with Gasteiger partial charge >= 0.3 is 13.5 Å². The Morgan fingerprint density at radius 1 is 0.953 bits per heavy atom. The molecule has 3 fully saturated rings. The monoisotopic (exact) mass is 674 g/mol. The molecule has 4 aromatic rings. The maximum Gasteiger partial charge on any atom is 0.386 e. The van der Waals surface area contributed by atoms with Gasteiger partial charge in [0.2, 0.25) is 0 Å². The van der Waals surface area contributed by atoms with Crippen molar-refractivity contribution in [2.45, 2.75) is 37.1 Å². The lowest BCUT2D eigenvalue weighted by Crippen LogP contribution is -2.43. The molecule has 4 aromatic heterocycles. The molecule has 5 N–H and O–H groups in total. The standard InChI is InChI=1S/C21H25FN10O7P2S2/c22-13-16-12(38-21(13)32-8-30-15-18(24)26-6-28-20(15)32)4-37-40(33,42)36-3-10-9(2-35-41(34,43)39-16)1-11(10)31-7-29-14-17(23)25-5-27-19(14)31/h5-13,16,21H,1-4H2,(H,33,42)(H,34,43)(H2,23,25,27)(H2,24,26,28)/t9-,10?,11-,12-,13+,16-,21-,40?,41?/m1/s1. The minimum Gasteiger partial charge on any atom is -0.382 e. The fraction of sp³-hybridized carbons (Fsp3) is 0.524. The molecule has 22 heteroatoms. The number of fused-ring (bicyclic) bond motifs is 4. The topological polar surface area (TPSA) is 223 Å². The SMILES string of the molecule is Nc1ncnc2c1ncn2[C@@H]1C[C@@H]2COP(O)(=S)O[C@H]3[C@H](F)[C@H](n4cnc5c(N)ncnc54)O[C@@H]3COP(=O)(S)OCC21. The molecule has 3 aliphatic rings. The average molecular weight is 675 g/mol. The summed E-state index contributed by atoms with van der Waals surface area (Å²) < 4.78 is 60.9. The van der Waals surface area contributed by atoms with E-state index in [-0.39, 0.29) is 53.9 Å². The first-order valence-corrected chi connectivity index (χ1v) is 18.2. The van der Waals surface area contributed by atoms with E-state index in [9.17, 15) is 9.46 Å². The smallest absolute Gasteiger partial charge is 0.382 e. The molecule has 0 radical (unpaired) electrons. The summed E-state index contributed by atoms with van der Waals surface area (Å²) in [5, 5.41) is 0. The summed E-state index contributed by atoms with van der Waals surface area (Å²) in [6, 6.07) is -0.203. The van der Waals surface area contributed by atoms with Crippen LogP contribution >= 0.6 is 25.8 Å². The molecule has 6 heterocycles. The van der Waals surface area contributed by atoms with E-state index in [2.05, 4.69) is 42.2 Å². The van der Waals surface area contributed by atoms with Gasteiger partial charge in [0.1, 0.15) is 35.9 Å². The second kappa shape index (κ2) is 10.9. The lowest BCUT2D eigenvalue weighted by Gasteiger charge is -2.45. The molecule has 7 rings (SSSR count). The number of alkyl halides is 1. The van der Waals surface area contributed by atoms with Crippen LogP contribution in [0.3, 0.4) is 0 Å². The zero-order valence-corrected chi connectivity index (χ0v) is 25.4. The Labute approximate surface area is 252 Å². The fourth-order valence-corrected chi connectivity index (χ4v) is 8.29. The van der Waals surface area contributed by atoms with Crippen molar-refractivity contribution in [2.75, 3.05) is 31.3 Å². The van der Waals surface area contributed by atoms with E-state index >= 15 is 4.39 Å². The number of nitrogens with two attached hydrogens (primary N) is 2. The quantitative estimate of drug-likeness (QED) is 0.176. The van der Waals surface area contributed by atoms with Crippen molar-refractivity contribution in [3.63, 3.8) is 0 Å². The minimum absolute atomic E-state index is 0.0409. The molecule has 230 valence electrons. The first-order chi connectivity index (χ1) is 20.5. The van der Waals surface area contributed by atoms with E-state index in [1.54, 1.807) is 6.33 Å². The molecular formula is C21H25FN10O7P2S2. The van der Waals surface area contributed by atoms with Gasteiger partial charge in [-0.05, 0) is 24.1 Å². The second-order valence-electron chi connectivity index (χ2n) is 10.3. The first-order valence-electron chi connectivity index (χ1n) is 12.9. The van der Waals surface area contributed by atoms with Crippen LogP contribution < -0.4 is 11.5 Å². The molecule has 9 atom stereocenters. The maximum atomic E-state index is 16.0. The third-order valence-corrected chi connectivity index (χ3v) is 11.1. The summed E-state index contributed by atoms with van der Waals surface area (Å²) in [5.41, 5.74) is 13.2. The highest BCUT2D eigenvalue weighted by Crippen LogP contribution is 2.58. The van der Waals surface area contributed by atoms with Gasteiger partial charge in [0.05, 0.1) is 32.5 Å². The summed E-state index contributed by atoms with van der Waals surface area (Å²) in [5.74, 6) is -0.186. The van der Waals surface area contributed by atoms with Crippen molar-refractivity contribution in [1.82, 2.24) is 39.0 Å². The van der Waals surface area contributed by atoms with Crippen LogP contribution in [0.15, 0.2) is 25.3 Å². The minimum atomic E-state index is -4.00. The van der Waals surface area contributed by atoms with Crippen molar-refractivity contribution >= 4 is 71.5 Å². The molecule has 2 aliphatic heterocycles. The van der Waals surface area contributed by atoms with Gasteiger partial charge in [-0.25, -0.2) is 38.9 Å². The van der Waals surface area contributed by atoms with Gasteiger partial charge in [0.25, 0.3) is 0 Å². The van der Waals surface area contributed by atoms with Crippen LogP contribution in [0.5, 0.6) is 0 Å². The van der Waals surface area contributed by atoms with Crippen molar-refractivity contribution in [1.29, 1.82) is 0 Å². The van der Waals surface area contributed by atoms with Gasteiger partial charge in [0, 0.05) is 12.0 Å². The van der Waals surface area contributed by atoms with Crippen molar-refractivity contribution in [3.05, 3.63) is 25.3 Å². The highest BCUT2D eigenvalue weighted by atomic mass is 32.7. The molecule has 0 bridgehead atoms. The number of thiol groups is 1. The Hall–Kier alpha value is -2.38. The lowest BCUT2D eigenvalue weighted by molar-refractivity contribution is -0.0413. The summed E-state index contributed by atoms with van der Waals surface area (Å²) in [6.07, 6.45) is 0.0537. The molecule has 2 saturated heterocycles. The van der Waals surface area contributed by atoms with Gasteiger partial charge in [0.15, 0.2) is 35.3 Å². The Balaban J connectivity index is 1.14. The number of aromatic nitrogens is 8. The van der Waals surface area contributed by atoms with Crippen LogP contribution in [0.1, 0.15) is 18.7 Å². The lowest BCUT2D eigenvalue weighted by atomic mass is 9.70. The number of hydrogen-bond acceptors (Lipinski definition) is 15. The number of ether oxygens (including phenoxy) is 1. The number of nitrogen functional groups attached to an aromatic ring is 2. The molecular weight excluding hydrogens is 649 g/mol. The number of halogens is 1. The molecule has 1 saturated carbocycles. The van der Waals surface area contributed by atoms with Crippen molar-refractivity contribution < 1.29 is 36.7 Å². The van der Waals surface area contributed by atoms with Crippen molar-refractivity contribution in [3.8, 4) is 0 Å². The van der Waals surface area contributed by atoms with E-state index in [0.717, 1.165) is 0 Å². The van der Waals surface area contributed by atoms with Crippen LogP contribution in [0.4, 0.5) is 16.0 Å². The van der Waals surface area contributed by atoms with E-state index in [4.69, 9.17) is 46.1 Å². The van der Waals surface area contributed by atoms with Crippen LogP contribution in [-0.4, -0.2) is 82.1 Å². The average Bonchev–Trinajstić information content (AvgIpc) is 3.64. The summed E-state index contributed by atoms with van der Waals surface area (Å²) >= 11 is 9.40. The third kappa shape index (κ3) is 5.32. The second-order valence-corrected chi connectivity index (χ2v) is 16.0.